The van der Waals surface area contributed by atoms with Crippen molar-refractivity contribution in [2.75, 3.05) is 18.4 Å². The predicted molar refractivity (Wildman–Crippen MR) is 81.5 cm³/mol. The lowest BCUT2D eigenvalue weighted by atomic mass is 10.1. The molecule has 0 saturated heterocycles. The zero-order valence-electron chi connectivity index (χ0n) is 9.82. The van der Waals surface area contributed by atoms with Gasteiger partial charge in [0, 0.05) is 25.3 Å². The molecule has 0 fully saturated rings. The zero-order chi connectivity index (χ0) is 10.9. The highest BCUT2D eigenvalue weighted by Crippen LogP contribution is 2.14. The van der Waals surface area contributed by atoms with Gasteiger partial charge in [-0.25, -0.2) is 0 Å². The highest BCUT2D eigenvalue weighted by atomic mass is 35.5. The van der Waals surface area contributed by atoms with Gasteiger partial charge in [-0.1, -0.05) is 30.4 Å². The van der Waals surface area contributed by atoms with Gasteiger partial charge in [-0.05, 0) is 11.6 Å². The number of rotatable bonds is 7. The van der Waals surface area contributed by atoms with Crippen LogP contribution in [-0.2, 0) is 6.54 Å². The second-order valence-electron chi connectivity index (χ2n) is 3.25. The molecule has 0 aliphatic heterocycles. The largest absolute Gasteiger partial charge is 0.381 e. The summed E-state index contributed by atoms with van der Waals surface area (Å²) in [7, 11) is 0. The summed E-state index contributed by atoms with van der Waals surface area (Å²) in [4.78, 5) is 0. The Kier molecular flexibility index (Phi) is 12.5. The van der Waals surface area contributed by atoms with Crippen LogP contribution in [0.5, 0.6) is 0 Å². The Hall–Kier alpha value is -0.960. The Morgan fingerprint density at radius 3 is 2.29 bits per heavy atom. The molecule has 0 aliphatic rings. The molecule has 1 aromatic rings. The van der Waals surface area contributed by atoms with Crippen LogP contribution in [0.3, 0.4) is 0 Å². The first-order valence-corrected chi connectivity index (χ1v) is 5.12. The summed E-state index contributed by atoms with van der Waals surface area (Å²) in [5.41, 5.74) is 2.43. The van der Waals surface area contributed by atoms with E-state index in [1.807, 2.05) is 24.3 Å². The number of benzene rings is 1. The van der Waals surface area contributed by atoms with Crippen LogP contribution in [0.15, 0.2) is 49.6 Å². The number of para-hydroxylation sites is 1. The quantitative estimate of drug-likeness (QED) is 0.588. The molecule has 0 atom stereocenters. The van der Waals surface area contributed by atoms with Crippen molar-refractivity contribution in [2.24, 2.45) is 0 Å². The van der Waals surface area contributed by atoms with Crippen LogP contribution >= 0.6 is 24.8 Å². The molecule has 1 aromatic carbocycles. The van der Waals surface area contributed by atoms with Crippen molar-refractivity contribution in [3.63, 3.8) is 0 Å². The predicted octanol–water partition coefficient (Wildman–Crippen LogP) is 3.40. The second-order valence-corrected chi connectivity index (χ2v) is 3.25. The Balaban J connectivity index is 0. The first kappa shape index (κ1) is 18.4. The molecule has 0 spiro atoms. The van der Waals surface area contributed by atoms with E-state index in [4.69, 9.17) is 0 Å². The van der Waals surface area contributed by atoms with Gasteiger partial charge in [0.1, 0.15) is 0 Å². The van der Waals surface area contributed by atoms with Crippen LogP contribution in [0.25, 0.3) is 0 Å². The summed E-state index contributed by atoms with van der Waals surface area (Å²) in [5, 5.41) is 6.59. The second kappa shape index (κ2) is 11.5. The maximum atomic E-state index is 3.69. The number of hydrogen-bond acceptors (Lipinski definition) is 2. The molecule has 0 aliphatic carbocycles. The van der Waals surface area contributed by atoms with E-state index in [9.17, 15) is 0 Å². The Bertz CT molecular complexity index is 327. The maximum Gasteiger partial charge on any atom is 0.0388 e. The van der Waals surface area contributed by atoms with Crippen LogP contribution in [0.4, 0.5) is 5.69 Å². The zero-order valence-corrected chi connectivity index (χ0v) is 11.4. The van der Waals surface area contributed by atoms with E-state index in [1.165, 1.54) is 5.56 Å². The molecule has 0 bridgehead atoms. The van der Waals surface area contributed by atoms with Crippen molar-refractivity contribution in [1.29, 1.82) is 0 Å². The molecule has 2 nitrogen and oxygen atoms in total. The Morgan fingerprint density at radius 2 is 1.65 bits per heavy atom. The van der Waals surface area contributed by atoms with Crippen LogP contribution in [0.1, 0.15) is 5.56 Å². The van der Waals surface area contributed by atoms with Gasteiger partial charge in [0.05, 0.1) is 0 Å². The van der Waals surface area contributed by atoms with Crippen LogP contribution in [0, 0.1) is 0 Å². The molecule has 17 heavy (non-hydrogen) atoms. The molecule has 1 rings (SSSR count). The highest BCUT2D eigenvalue weighted by molar-refractivity contribution is 5.85. The Labute approximate surface area is 116 Å². The van der Waals surface area contributed by atoms with Gasteiger partial charge in [-0.15, -0.1) is 38.0 Å². The standard InChI is InChI=1S/C13H18N2.2ClH/c1-3-9-14-11-12-7-5-6-8-13(12)15-10-4-2;;/h3-8,14-15H,1-2,9-11H2;2*1H. The summed E-state index contributed by atoms with van der Waals surface area (Å²) >= 11 is 0. The van der Waals surface area contributed by atoms with E-state index >= 15 is 0 Å². The third-order valence-corrected chi connectivity index (χ3v) is 2.06. The van der Waals surface area contributed by atoms with Crippen LogP contribution in [0.2, 0.25) is 0 Å². The molecule has 0 radical (unpaired) electrons. The van der Waals surface area contributed by atoms with E-state index < -0.39 is 0 Å². The third kappa shape index (κ3) is 7.05. The molecule has 0 saturated carbocycles. The van der Waals surface area contributed by atoms with Crippen molar-refractivity contribution < 1.29 is 0 Å². The summed E-state index contributed by atoms with van der Waals surface area (Å²) in [5.74, 6) is 0. The minimum atomic E-state index is 0. The maximum absolute atomic E-state index is 3.69. The van der Waals surface area contributed by atoms with Crippen molar-refractivity contribution in [3.05, 3.63) is 55.1 Å². The monoisotopic (exact) mass is 274 g/mol. The highest BCUT2D eigenvalue weighted by Gasteiger charge is 1.98. The lowest BCUT2D eigenvalue weighted by Crippen LogP contribution is -2.14. The van der Waals surface area contributed by atoms with E-state index in [1.54, 1.807) is 0 Å². The molecule has 0 unspecified atom stereocenters. The fraction of sp³-hybridized carbons (Fsp3) is 0.231. The number of hydrogen-bond donors (Lipinski definition) is 2. The average Bonchev–Trinajstić information content (AvgIpc) is 2.28. The minimum absolute atomic E-state index is 0. The molecule has 96 valence electrons. The molecular weight excluding hydrogens is 255 g/mol. The van der Waals surface area contributed by atoms with Crippen molar-refractivity contribution in [1.82, 2.24) is 5.32 Å². The van der Waals surface area contributed by atoms with E-state index in [0.717, 1.165) is 25.3 Å². The molecular formula is C13H20Cl2N2. The summed E-state index contributed by atoms with van der Waals surface area (Å²) < 4.78 is 0. The first-order valence-electron chi connectivity index (χ1n) is 5.12. The van der Waals surface area contributed by atoms with Gasteiger partial charge in [0.2, 0.25) is 0 Å². The average molecular weight is 275 g/mol. The van der Waals surface area contributed by atoms with Crippen LogP contribution < -0.4 is 10.6 Å². The lowest BCUT2D eigenvalue weighted by Gasteiger charge is -2.10. The first-order chi connectivity index (χ1) is 7.38. The number of halogens is 2. The topological polar surface area (TPSA) is 24.1 Å². The van der Waals surface area contributed by atoms with Gasteiger partial charge in [-0.2, -0.15) is 0 Å². The summed E-state index contributed by atoms with van der Waals surface area (Å²) in [6.07, 6.45) is 3.72. The van der Waals surface area contributed by atoms with Crippen molar-refractivity contribution >= 4 is 30.5 Å². The smallest absolute Gasteiger partial charge is 0.0388 e. The number of nitrogens with one attached hydrogen (secondary N) is 2. The van der Waals surface area contributed by atoms with Gasteiger partial charge >= 0.3 is 0 Å². The van der Waals surface area contributed by atoms with Gasteiger partial charge in [0.25, 0.3) is 0 Å². The van der Waals surface area contributed by atoms with E-state index in [0.29, 0.717) is 0 Å². The van der Waals surface area contributed by atoms with Crippen molar-refractivity contribution in [3.8, 4) is 0 Å². The fourth-order valence-corrected chi connectivity index (χ4v) is 1.34. The Morgan fingerprint density at radius 1 is 1.00 bits per heavy atom. The van der Waals surface area contributed by atoms with Crippen LogP contribution in [-0.4, -0.2) is 13.1 Å². The third-order valence-electron chi connectivity index (χ3n) is 2.06. The lowest BCUT2D eigenvalue weighted by molar-refractivity contribution is 0.761. The summed E-state index contributed by atoms with van der Waals surface area (Å²) in [6, 6.07) is 8.27. The number of anilines is 1. The fourth-order valence-electron chi connectivity index (χ4n) is 1.34. The van der Waals surface area contributed by atoms with Gasteiger partial charge < -0.3 is 10.6 Å². The molecule has 0 heterocycles. The van der Waals surface area contributed by atoms with Gasteiger partial charge in [-0.3, -0.25) is 0 Å². The normalized spacial score (nSPS) is 8.47. The minimum Gasteiger partial charge on any atom is -0.381 e. The van der Waals surface area contributed by atoms with E-state index in [-0.39, 0.29) is 24.8 Å². The molecule has 4 heteroatoms. The SMILES string of the molecule is C=CCNCc1ccccc1NCC=C.Cl.Cl. The molecule has 0 amide bonds. The summed E-state index contributed by atoms with van der Waals surface area (Å²) in [6.45, 7) is 9.83. The van der Waals surface area contributed by atoms with Gasteiger partial charge in [0.15, 0.2) is 0 Å². The molecule has 0 aromatic heterocycles. The molecule has 2 N–H and O–H groups in total. The van der Waals surface area contributed by atoms with Crippen molar-refractivity contribution in [2.45, 2.75) is 6.54 Å². The van der Waals surface area contributed by atoms with E-state index in [2.05, 4.69) is 35.9 Å².